The molecule has 0 aliphatic carbocycles. The number of carbonyl (C=O) groups excluding carboxylic acids is 1. The lowest BCUT2D eigenvalue weighted by molar-refractivity contribution is 0.0732. The topological polar surface area (TPSA) is 62.2 Å². The van der Waals surface area contributed by atoms with E-state index in [1.807, 2.05) is 17.0 Å². The van der Waals surface area contributed by atoms with Gasteiger partial charge in [-0.15, -0.1) is 0 Å². The van der Waals surface area contributed by atoms with Gasteiger partial charge >= 0.3 is 0 Å². The molecule has 2 aromatic heterocycles. The average molecular weight is 323 g/mol. The van der Waals surface area contributed by atoms with E-state index >= 15 is 0 Å². The highest BCUT2D eigenvalue weighted by atomic mass is 16.2. The monoisotopic (exact) mass is 323 g/mol. The van der Waals surface area contributed by atoms with Crippen LogP contribution in [0.2, 0.25) is 0 Å². The van der Waals surface area contributed by atoms with Crippen molar-refractivity contribution in [1.29, 1.82) is 0 Å². The number of nitrogens with zero attached hydrogens (tertiary/aromatic N) is 5. The Labute approximate surface area is 141 Å². The van der Waals surface area contributed by atoms with Gasteiger partial charge in [-0.25, -0.2) is 4.98 Å². The standard InChI is InChI=1S/C18H21N5O/c24-18(14-5-6-21-17(12-14)22-9-1-2-10-22)23-11-3-4-16(23)15-13-19-7-8-20-15/h5-8,12-13,16H,1-4,9-11H2/t16-/m0/s1. The number of hydrogen-bond donors (Lipinski definition) is 0. The summed E-state index contributed by atoms with van der Waals surface area (Å²) in [6.07, 6.45) is 11.2. The molecule has 24 heavy (non-hydrogen) atoms. The fourth-order valence-corrected chi connectivity index (χ4v) is 3.64. The molecule has 0 spiro atoms. The third-order valence-electron chi connectivity index (χ3n) is 4.86. The zero-order valence-electron chi connectivity index (χ0n) is 13.6. The average Bonchev–Trinajstić information content (AvgIpc) is 3.34. The normalized spacial score (nSPS) is 20.6. The summed E-state index contributed by atoms with van der Waals surface area (Å²) >= 11 is 0. The lowest BCUT2D eigenvalue weighted by Gasteiger charge is -2.24. The van der Waals surface area contributed by atoms with E-state index in [-0.39, 0.29) is 11.9 Å². The zero-order valence-corrected chi connectivity index (χ0v) is 13.6. The number of pyridine rings is 1. The van der Waals surface area contributed by atoms with Crippen LogP contribution in [0.4, 0.5) is 5.82 Å². The van der Waals surface area contributed by atoms with Crippen molar-refractivity contribution in [1.82, 2.24) is 19.9 Å². The van der Waals surface area contributed by atoms with Crippen molar-refractivity contribution in [2.24, 2.45) is 0 Å². The van der Waals surface area contributed by atoms with Crippen molar-refractivity contribution in [3.8, 4) is 0 Å². The Morgan fingerprint density at radius 1 is 1.04 bits per heavy atom. The van der Waals surface area contributed by atoms with Gasteiger partial charge in [-0.3, -0.25) is 14.8 Å². The van der Waals surface area contributed by atoms with Gasteiger partial charge in [0.2, 0.25) is 0 Å². The predicted octanol–water partition coefficient (Wildman–Crippen LogP) is 2.45. The van der Waals surface area contributed by atoms with Gasteiger partial charge < -0.3 is 9.80 Å². The minimum Gasteiger partial charge on any atom is -0.357 e. The van der Waals surface area contributed by atoms with Crippen LogP contribution in [0.3, 0.4) is 0 Å². The number of anilines is 1. The maximum absolute atomic E-state index is 13.0. The van der Waals surface area contributed by atoms with Crippen molar-refractivity contribution in [3.05, 3.63) is 48.2 Å². The van der Waals surface area contributed by atoms with Crippen molar-refractivity contribution in [3.63, 3.8) is 0 Å². The number of rotatable bonds is 3. The van der Waals surface area contributed by atoms with Gasteiger partial charge in [0.05, 0.1) is 17.9 Å². The third-order valence-corrected chi connectivity index (χ3v) is 4.86. The maximum atomic E-state index is 13.0. The number of amides is 1. The molecular formula is C18H21N5O. The molecule has 0 unspecified atom stereocenters. The molecule has 0 radical (unpaired) electrons. The first kappa shape index (κ1) is 15.1. The van der Waals surface area contributed by atoms with Gasteiger partial charge in [-0.05, 0) is 37.8 Å². The van der Waals surface area contributed by atoms with E-state index < -0.39 is 0 Å². The predicted molar refractivity (Wildman–Crippen MR) is 90.7 cm³/mol. The Morgan fingerprint density at radius 2 is 1.92 bits per heavy atom. The zero-order chi connectivity index (χ0) is 16.4. The van der Waals surface area contributed by atoms with Crippen LogP contribution in [0.25, 0.3) is 0 Å². The summed E-state index contributed by atoms with van der Waals surface area (Å²) in [7, 11) is 0. The highest BCUT2D eigenvalue weighted by molar-refractivity contribution is 5.95. The molecule has 6 heteroatoms. The first-order valence-corrected chi connectivity index (χ1v) is 8.61. The molecule has 0 bridgehead atoms. The summed E-state index contributed by atoms with van der Waals surface area (Å²) in [5.74, 6) is 0.972. The highest BCUT2D eigenvalue weighted by Crippen LogP contribution is 2.32. The van der Waals surface area contributed by atoms with Crippen LogP contribution in [-0.4, -0.2) is 45.4 Å². The van der Waals surface area contributed by atoms with Crippen LogP contribution in [-0.2, 0) is 0 Å². The van der Waals surface area contributed by atoms with Crippen LogP contribution in [0.15, 0.2) is 36.9 Å². The fourth-order valence-electron chi connectivity index (χ4n) is 3.64. The molecule has 2 saturated heterocycles. The van der Waals surface area contributed by atoms with Crippen LogP contribution < -0.4 is 4.90 Å². The molecular weight excluding hydrogens is 302 g/mol. The van der Waals surface area contributed by atoms with Crippen molar-refractivity contribution in [2.75, 3.05) is 24.5 Å². The van der Waals surface area contributed by atoms with E-state index in [1.165, 1.54) is 12.8 Å². The van der Waals surface area contributed by atoms with Crippen LogP contribution in [0.1, 0.15) is 47.8 Å². The summed E-state index contributed by atoms with van der Waals surface area (Å²) in [4.78, 5) is 30.2. The first-order valence-electron chi connectivity index (χ1n) is 8.61. The number of hydrogen-bond acceptors (Lipinski definition) is 5. The molecule has 1 amide bonds. The summed E-state index contributed by atoms with van der Waals surface area (Å²) in [5.41, 5.74) is 1.58. The van der Waals surface area contributed by atoms with E-state index in [9.17, 15) is 4.79 Å². The molecule has 2 fully saturated rings. The van der Waals surface area contributed by atoms with Gasteiger partial charge in [0, 0.05) is 43.8 Å². The molecule has 2 aromatic rings. The Balaban J connectivity index is 1.57. The minimum atomic E-state index is 0.0228. The molecule has 2 aliphatic heterocycles. The summed E-state index contributed by atoms with van der Waals surface area (Å²) in [6, 6.07) is 3.77. The quantitative estimate of drug-likeness (QED) is 0.868. The number of carbonyl (C=O) groups is 1. The van der Waals surface area contributed by atoms with Gasteiger partial charge in [-0.1, -0.05) is 0 Å². The van der Waals surface area contributed by atoms with Gasteiger partial charge in [0.25, 0.3) is 5.91 Å². The lowest BCUT2D eigenvalue weighted by atomic mass is 10.1. The van der Waals surface area contributed by atoms with Crippen molar-refractivity contribution < 1.29 is 4.79 Å². The summed E-state index contributed by atoms with van der Waals surface area (Å²) < 4.78 is 0. The van der Waals surface area contributed by atoms with Crippen LogP contribution in [0.5, 0.6) is 0 Å². The van der Waals surface area contributed by atoms with Crippen molar-refractivity contribution >= 4 is 11.7 Å². The highest BCUT2D eigenvalue weighted by Gasteiger charge is 2.32. The first-order chi connectivity index (χ1) is 11.8. The second-order valence-electron chi connectivity index (χ2n) is 6.38. The largest absolute Gasteiger partial charge is 0.357 e. The Kier molecular flexibility index (Phi) is 4.11. The van der Waals surface area contributed by atoms with Gasteiger partial charge in [0.1, 0.15) is 5.82 Å². The van der Waals surface area contributed by atoms with Gasteiger partial charge in [0.15, 0.2) is 0 Å². The molecule has 0 aromatic carbocycles. The van der Waals surface area contributed by atoms with Crippen LogP contribution in [0, 0.1) is 0 Å². The van der Waals surface area contributed by atoms with E-state index in [2.05, 4.69) is 19.9 Å². The molecule has 6 nitrogen and oxygen atoms in total. The second kappa shape index (κ2) is 6.55. The van der Waals surface area contributed by atoms with Crippen LogP contribution >= 0.6 is 0 Å². The molecule has 124 valence electrons. The smallest absolute Gasteiger partial charge is 0.254 e. The molecule has 4 rings (SSSR count). The van der Waals surface area contributed by atoms with E-state index in [0.29, 0.717) is 5.56 Å². The molecule has 4 heterocycles. The second-order valence-corrected chi connectivity index (χ2v) is 6.38. The maximum Gasteiger partial charge on any atom is 0.254 e. The van der Waals surface area contributed by atoms with E-state index in [0.717, 1.165) is 44.0 Å². The van der Waals surface area contributed by atoms with Gasteiger partial charge in [-0.2, -0.15) is 0 Å². The molecule has 0 saturated carbocycles. The summed E-state index contributed by atoms with van der Waals surface area (Å²) in [6.45, 7) is 2.81. The Morgan fingerprint density at radius 3 is 2.71 bits per heavy atom. The van der Waals surface area contributed by atoms with E-state index in [4.69, 9.17) is 0 Å². The van der Waals surface area contributed by atoms with E-state index in [1.54, 1.807) is 24.8 Å². The summed E-state index contributed by atoms with van der Waals surface area (Å²) in [5, 5.41) is 0. The van der Waals surface area contributed by atoms with Crippen molar-refractivity contribution in [2.45, 2.75) is 31.7 Å². The number of likely N-dealkylation sites (tertiary alicyclic amines) is 1. The molecule has 0 N–H and O–H groups in total. The number of aromatic nitrogens is 3. The SMILES string of the molecule is O=C(c1ccnc(N2CCCC2)c1)N1CCC[C@H]1c1cnccn1. The minimum absolute atomic E-state index is 0.0228. The molecule has 1 atom stereocenters. The Hall–Kier alpha value is -2.50. The fraction of sp³-hybridized carbons (Fsp3) is 0.444. The third kappa shape index (κ3) is 2.84. The Bertz CT molecular complexity index is 714. The lowest BCUT2D eigenvalue weighted by Crippen LogP contribution is -2.31. The molecule has 2 aliphatic rings.